The largest absolute Gasteiger partial charge is 0.382 e. The van der Waals surface area contributed by atoms with Gasteiger partial charge in [-0.3, -0.25) is 4.79 Å². The van der Waals surface area contributed by atoms with E-state index in [1.54, 1.807) is 19.1 Å². The van der Waals surface area contributed by atoms with Crippen LogP contribution in [-0.4, -0.2) is 84.3 Å². The summed E-state index contributed by atoms with van der Waals surface area (Å²) >= 11 is 0. The first-order chi connectivity index (χ1) is 9.72. The molecule has 0 aromatic rings. The van der Waals surface area contributed by atoms with E-state index in [0.29, 0.717) is 52.7 Å². The Hall–Kier alpha value is -0.730. The van der Waals surface area contributed by atoms with Crippen molar-refractivity contribution in [2.45, 2.75) is 6.42 Å². The minimum Gasteiger partial charge on any atom is -0.382 e. The first-order valence-corrected chi connectivity index (χ1v) is 6.88. The molecule has 1 amide bonds. The second-order valence-electron chi connectivity index (χ2n) is 4.23. The van der Waals surface area contributed by atoms with Gasteiger partial charge in [-0.05, 0) is 13.0 Å². The van der Waals surface area contributed by atoms with Crippen LogP contribution in [0, 0.1) is 0 Å². The Balaban J connectivity index is 3.24. The minimum atomic E-state index is -0.0404. The summed E-state index contributed by atoms with van der Waals surface area (Å²) in [6.45, 7) is 4.37. The van der Waals surface area contributed by atoms with Crippen LogP contribution in [0.4, 0.5) is 0 Å². The molecule has 0 spiro atoms. The van der Waals surface area contributed by atoms with Gasteiger partial charge in [-0.2, -0.15) is 0 Å². The highest BCUT2D eigenvalue weighted by Crippen LogP contribution is 1.89. The average molecular weight is 292 g/mol. The lowest BCUT2D eigenvalue weighted by Gasteiger charge is -2.16. The van der Waals surface area contributed by atoms with Gasteiger partial charge in [-0.15, -0.1) is 0 Å². The van der Waals surface area contributed by atoms with Crippen LogP contribution in [0.5, 0.6) is 0 Å². The maximum atomic E-state index is 11.6. The third-order valence-corrected chi connectivity index (χ3v) is 2.52. The van der Waals surface area contributed by atoms with Gasteiger partial charge in [0.25, 0.3) is 0 Å². The zero-order valence-corrected chi connectivity index (χ0v) is 12.6. The van der Waals surface area contributed by atoms with Gasteiger partial charge in [-0.25, -0.2) is 0 Å². The standard InChI is InChI=1S/C13H28N2O5/c1-15(5-3-4-14)13(16)12-20-11-10-19-9-8-18-7-6-17-2/h3-12,14H2,1-2H3. The summed E-state index contributed by atoms with van der Waals surface area (Å²) in [4.78, 5) is 13.2. The Labute approximate surface area is 121 Å². The highest BCUT2D eigenvalue weighted by atomic mass is 16.6. The first-order valence-electron chi connectivity index (χ1n) is 6.88. The Morgan fingerprint density at radius 1 is 1.00 bits per heavy atom. The number of nitrogens with zero attached hydrogens (tertiary/aromatic N) is 1. The van der Waals surface area contributed by atoms with Crippen LogP contribution in [0.25, 0.3) is 0 Å². The molecular formula is C13H28N2O5. The third kappa shape index (κ3) is 12.3. The van der Waals surface area contributed by atoms with Crippen molar-refractivity contribution in [2.24, 2.45) is 5.73 Å². The van der Waals surface area contributed by atoms with Crippen LogP contribution in [0.3, 0.4) is 0 Å². The molecule has 0 saturated carbocycles. The molecule has 0 aromatic heterocycles. The molecule has 2 N–H and O–H groups in total. The summed E-state index contributed by atoms with van der Waals surface area (Å²) in [6, 6.07) is 0. The average Bonchev–Trinajstić information content (AvgIpc) is 2.46. The van der Waals surface area contributed by atoms with Crippen molar-refractivity contribution in [3.05, 3.63) is 0 Å². The molecule has 0 rings (SSSR count). The topological polar surface area (TPSA) is 83.2 Å². The quantitative estimate of drug-likeness (QED) is 0.434. The van der Waals surface area contributed by atoms with E-state index in [0.717, 1.165) is 6.42 Å². The molecule has 0 aromatic carbocycles. The molecule has 0 heterocycles. The summed E-state index contributed by atoms with van der Waals surface area (Å²) < 4.78 is 20.6. The Bertz CT molecular complexity index is 229. The summed E-state index contributed by atoms with van der Waals surface area (Å²) in [5, 5.41) is 0. The van der Waals surface area contributed by atoms with Gasteiger partial charge in [0.2, 0.25) is 5.91 Å². The van der Waals surface area contributed by atoms with Gasteiger partial charge in [0.05, 0.1) is 39.6 Å². The summed E-state index contributed by atoms with van der Waals surface area (Å²) in [6.07, 6.45) is 0.800. The fourth-order valence-electron chi connectivity index (χ4n) is 1.30. The van der Waals surface area contributed by atoms with Crippen LogP contribution >= 0.6 is 0 Å². The van der Waals surface area contributed by atoms with Gasteiger partial charge in [0.15, 0.2) is 0 Å². The van der Waals surface area contributed by atoms with Crippen LogP contribution < -0.4 is 5.73 Å². The second kappa shape index (κ2) is 14.7. The highest BCUT2D eigenvalue weighted by Gasteiger charge is 2.07. The number of rotatable bonds is 14. The van der Waals surface area contributed by atoms with E-state index in [1.165, 1.54) is 0 Å². The summed E-state index contributed by atoms with van der Waals surface area (Å²) in [7, 11) is 3.38. The molecule has 0 bridgehead atoms. The highest BCUT2D eigenvalue weighted by molar-refractivity contribution is 5.77. The van der Waals surface area contributed by atoms with Crippen molar-refractivity contribution in [1.82, 2.24) is 4.90 Å². The lowest BCUT2D eigenvalue weighted by molar-refractivity contribution is -0.135. The molecule has 0 atom stereocenters. The van der Waals surface area contributed by atoms with E-state index in [2.05, 4.69) is 0 Å². The van der Waals surface area contributed by atoms with Crippen molar-refractivity contribution in [3.63, 3.8) is 0 Å². The first kappa shape index (κ1) is 19.3. The van der Waals surface area contributed by atoms with E-state index in [4.69, 9.17) is 24.7 Å². The molecule has 120 valence electrons. The fraction of sp³-hybridized carbons (Fsp3) is 0.923. The molecule has 0 unspecified atom stereocenters. The van der Waals surface area contributed by atoms with Crippen LogP contribution in [0.15, 0.2) is 0 Å². The molecule has 20 heavy (non-hydrogen) atoms. The van der Waals surface area contributed by atoms with Crippen molar-refractivity contribution < 1.29 is 23.7 Å². The zero-order valence-electron chi connectivity index (χ0n) is 12.6. The predicted molar refractivity (Wildman–Crippen MR) is 75.6 cm³/mol. The molecule has 0 fully saturated rings. The molecule has 0 radical (unpaired) electrons. The van der Waals surface area contributed by atoms with Gasteiger partial charge < -0.3 is 29.6 Å². The minimum absolute atomic E-state index is 0.0404. The van der Waals surface area contributed by atoms with E-state index in [-0.39, 0.29) is 12.5 Å². The van der Waals surface area contributed by atoms with Gasteiger partial charge in [0, 0.05) is 20.7 Å². The third-order valence-electron chi connectivity index (χ3n) is 2.52. The van der Waals surface area contributed by atoms with E-state index in [1.807, 2.05) is 0 Å². The predicted octanol–water partition coefficient (Wildman–Crippen LogP) is -0.510. The monoisotopic (exact) mass is 292 g/mol. The fourth-order valence-corrected chi connectivity index (χ4v) is 1.30. The molecule has 7 nitrogen and oxygen atoms in total. The van der Waals surface area contributed by atoms with E-state index in [9.17, 15) is 4.79 Å². The number of hydrogen-bond donors (Lipinski definition) is 1. The molecule has 0 aliphatic carbocycles. The number of carbonyl (C=O) groups excluding carboxylic acids is 1. The molecule has 0 aliphatic rings. The van der Waals surface area contributed by atoms with E-state index >= 15 is 0 Å². The number of methoxy groups -OCH3 is 1. The number of carbonyl (C=O) groups is 1. The van der Waals surface area contributed by atoms with Gasteiger partial charge in [-0.1, -0.05) is 0 Å². The van der Waals surface area contributed by atoms with Crippen molar-refractivity contribution in [1.29, 1.82) is 0 Å². The number of ether oxygens (including phenoxy) is 4. The summed E-state index contributed by atoms with van der Waals surface area (Å²) in [5.41, 5.74) is 5.38. The number of nitrogens with two attached hydrogens (primary N) is 1. The van der Waals surface area contributed by atoms with Crippen LogP contribution in [0.2, 0.25) is 0 Å². The Morgan fingerprint density at radius 2 is 1.55 bits per heavy atom. The van der Waals surface area contributed by atoms with Crippen LogP contribution in [0.1, 0.15) is 6.42 Å². The molecule has 7 heteroatoms. The maximum absolute atomic E-state index is 11.6. The zero-order chi connectivity index (χ0) is 15.1. The van der Waals surface area contributed by atoms with Crippen LogP contribution in [-0.2, 0) is 23.7 Å². The smallest absolute Gasteiger partial charge is 0.248 e. The Morgan fingerprint density at radius 3 is 2.10 bits per heavy atom. The van der Waals surface area contributed by atoms with Crippen molar-refractivity contribution in [2.75, 3.05) is 73.5 Å². The normalized spacial score (nSPS) is 10.8. The van der Waals surface area contributed by atoms with Crippen molar-refractivity contribution in [3.8, 4) is 0 Å². The molecular weight excluding hydrogens is 264 g/mol. The van der Waals surface area contributed by atoms with E-state index < -0.39 is 0 Å². The number of hydrogen-bond acceptors (Lipinski definition) is 6. The molecule has 0 saturated heterocycles. The number of amides is 1. The SMILES string of the molecule is COCCOCCOCCOCC(=O)N(C)CCCN. The second-order valence-corrected chi connectivity index (χ2v) is 4.23. The molecule has 0 aliphatic heterocycles. The van der Waals surface area contributed by atoms with Gasteiger partial charge in [0.1, 0.15) is 6.61 Å². The number of likely N-dealkylation sites (N-methyl/N-ethyl adjacent to an activating group) is 1. The lowest BCUT2D eigenvalue weighted by atomic mass is 10.4. The Kier molecular flexibility index (Phi) is 14.1. The summed E-state index contributed by atoms with van der Waals surface area (Å²) in [5.74, 6) is -0.0404. The lowest BCUT2D eigenvalue weighted by Crippen LogP contribution is -2.32. The van der Waals surface area contributed by atoms with Gasteiger partial charge >= 0.3 is 0 Å². The maximum Gasteiger partial charge on any atom is 0.248 e. The van der Waals surface area contributed by atoms with Crippen molar-refractivity contribution >= 4 is 5.91 Å².